The van der Waals surface area contributed by atoms with E-state index < -0.39 is 0 Å². The number of hydrogen-bond acceptors (Lipinski definition) is 5. The lowest BCUT2D eigenvalue weighted by atomic mass is 10.1. The largest absolute Gasteiger partial charge is 0.496 e. The lowest BCUT2D eigenvalue weighted by Gasteiger charge is -2.35. The van der Waals surface area contributed by atoms with Crippen molar-refractivity contribution in [1.29, 1.82) is 0 Å². The van der Waals surface area contributed by atoms with Crippen molar-refractivity contribution in [2.75, 3.05) is 40.4 Å². The van der Waals surface area contributed by atoms with Crippen LogP contribution in [0.2, 0.25) is 5.02 Å². The van der Waals surface area contributed by atoms with Gasteiger partial charge in [-0.05, 0) is 24.3 Å². The Balaban J connectivity index is 1.58. The second-order valence-electron chi connectivity index (χ2n) is 6.11. The Labute approximate surface area is 158 Å². The number of pyridine rings is 1. The Morgan fingerprint density at radius 3 is 2.50 bits per heavy atom. The highest BCUT2D eigenvalue weighted by Crippen LogP contribution is 2.24. The molecule has 0 bridgehead atoms. The van der Waals surface area contributed by atoms with E-state index in [0.717, 1.165) is 30.9 Å². The van der Waals surface area contributed by atoms with Crippen LogP contribution in [0.5, 0.6) is 11.6 Å². The van der Waals surface area contributed by atoms with Crippen molar-refractivity contribution in [3.05, 3.63) is 52.7 Å². The number of benzene rings is 1. The highest BCUT2D eigenvalue weighted by atomic mass is 35.5. The van der Waals surface area contributed by atoms with Crippen LogP contribution in [0.15, 0.2) is 36.5 Å². The third kappa shape index (κ3) is 4.26. The van der Waals surface area contributed by atoms with Gasteiger partial charge in [-0.1, -0.05) is 11.6 Å². The van der Waals surface area contributed by atoms with Gasteiger partial charge < -0.3 is 14.4 Å². The fraction of sp³-hybridized carbons (Fsp3) is 0.368. The van der Waals surface area contributed by atoms with E-state index in [1.54, 1.807) is 32.5 Å². The van der Waals surface area contributed by atoms with Gasteiger partial charge in [0, 0.05) is 55.6 Å². The first kappa shape index (κ1) is 18.5. The molecular weight excluding hydrogens is 354 g/mol. The molecule has 138 valence electrons. The van der Waals surface area contributed by atoms with Crippen LogP contribution >= 0.6 is 11.6 Å². The van der Waals surface area contributed by atoms with Crippen molar-refractivity contribution in [2.24, 2.45) is 0 Å². The molecule has 1 aromatic carbocycles. The molecule has 0 spiro atoms. The smallest absolute Gasteiger partial charge is 0.255 e. The lowest BCUT2D eigenvalue weighted by Crippen LogP contribution is -2.48. The molecule has 0 saturated carbocycles. The Morgan fingerprint density at radius 1 is 1.12 bits per heavy atom. The minimum absolute atomic E-state index is 0.000129. The molecule has 0 radical (unpaired) electrons. The maximum Gasteiger partial charge on any atom is 0.255 e. The third-order valence-corrected chi connectivity index (χ3v) is 4.72. The van der Waals surface area contributed by atoms with Gasteiger partial charge in [0.1, 0.15) is 5.75 Å². The Kier molecular flexibility index (Phi) is 5.96. The van der Waals surface area contributed by atoms with Crippen LogP contribution < -0.4 is 9.47 Å². The predicted octanol–water partition coefficient (Wildman–Crippen LogP) is 2.71. The molecule has 1 amide bonds. The number of aromatic nitrogens is 1. The van der Waals surface area contributed by atoms with E-state index in [1.165, 1.54) is 0 Å². The second-order valence-corrected chi connectivity index (χ2v) is 6.55. The Bertz CT molecular complexity index is 759. The van der Waals surface area contributed by atoms with E-state index in [-0.39, 0.29) is 5.91 Å². The molecule has 26 heavy (non-hydrogen) atoms. The summed E-state index contributed by atoms with van der Waals surface area (Å²) in [6, 6.07) is 9.09. The average molecular weight is 376 g/mol. The molecule has 0 aliphatic carbocycles. The maximum atomic E-state index is 12.6. The molecule has 1 saturated heterocycles. The molecule has 6 nitrogen and oxygen atoms in total. The topological polar surface area (TPSA) is 54.9 Å². The molecule has 0 unspecified atom stereocenters. The number of methoxy groups -OCH3 is 2. The van der Waals surface area contributed by atoms with Crippen LogP contribution in [0.25, 0.3) is 0 Å². The normalized spacial score (nSPS) is 15.0. The first-order valence-electron chi connectivity index (χ1n) is 8.45. The van der Waals surface area contributed by atoms with E-state index in [9.17, 15) is 4.79 Å². The zero-order valence-electron chi connectivity index (χ0n) is 14.9. The number of piperazine rings is 1. The number of rotatable bonds is 5. The van der Waals surface area contributed by atoms with Gasteiger partial charge >= 0.3 is 0 Å². The summed E-state index contributed by atoms with van der Waals surface area (Å²) >= 11 is 6.10. The number of halogens is 1. The fourth-order valence-corrected chi connectivity index (χ4v) is 3.23. The molecule has 2 aromatic rings. The summed E-state index contributed by atoms with van der Waals surface area (Å²) < 4.78 is 10.4. The summed E-state index contributed by atoms with van der Waals surface area (Å²) in [6.07, 6.45) is 1.56. The van der Waals surface area contributed by atoms with Crippen LogP contribution in [-0.2, 0) is 6.54 Å². The molecule has 1 aliphatic rings. The third-order valence-electron chi connectivity index (χ3n) is 4.49. The minimum atomic E-state index is 0.000129. The van der Waals surface area contributed by atoms with Crippen LogP contribution in [0.3, 0.4) is 0 Å². The SMILES string of the molecule is COc1ccc(C(=O)N2CCN(Cc3cc(Cl)ccc3OC)CC2)cn1. The van der Waals surface area contributed by atoms with E-state index in [4.69, 9.17) is 21.1 Å². The molecular formula is C19H22ClN3O3. The minimum Gasteiger partial charge on any atom is -0.496 e. The van der Waals surface area contributed by atoms with Crippen LogP contribution in [-0.4, -0.2) is 61.1 Å². The highest BCUT2D eigenvalue weighted by Gasteiger charge is 2.23. The monoisotopic (exact) mass is 375 g/mol. The van der Waals surface area contributed by atoms with E-state index >= 15 is 0 Å². The highest BCUT2D eigenvalue weighted by molar-refractivity contribution is 6.30. The zero-order chi connectivity index (χ0) is 18.5. The van der Waals surface area contributed by atoms with Gasteiger partial charge in [-0.25, -0.2) is 4.98 Å². The number of carbonyl (C=O) groups is 1. The zero-order valence-corrected chi connectivity index (χ0v) is 15.7. The van der Waals surface area contributed by atoms with Crippen molar-refractivity contribution in [1.82, 2.24) is 14.8 Å². The van der Waals surface area contributed by atoms with Gasteiger partial charge in [0.05, 0.1) is 19.8 Å². The second kappa shape index (κ2) is 8.38. The van der Waals surface area contributed by atoms with Gasteiger partial charge in [-0.3, -0.25) is 9.69 Å². The number of ether oxygens (including phenoxy) is 2. The predicted molar refractivity (Wildman–Crippen MR) is 100.0 cm³/mol. The van der Waals surface area contributed by atoms with Crippen molar-refractivity contribution in [2.45, 2.75) is 6.54 Å². The molecule has 1 aliphatic heterocycles. The van der Waals surface area contributed by atoms with Crippen molar-refractivity contribution in [3.63, 3.8) is 0 Å². The van der Waals surface area contributed by atoms with Crippen LogP contribution in [0.4, 0.5) is 0 Å². The van der Waals surface area contributed by atoms with E-state index in [1.807, 2.05) is 23.1 Å². The summed E-state index contributed by atoms with van der Waals surface area (Å²) in [5.74, 6) is 1.33. The van der Waals surface area contributed by atoms with Crippen molar-refractivity contribution >= 4 is 17.5 Å². The summed E-state index contributed by atoms with van der Waals surface area (Å²) in [5.41, 5.74) is 1.63. The Morgan fingerprint density at radius 2 is 1.88 bits per heavy atom. The Hall–Kier alpha value is -2.31. The van der Waals surface area contributed by atoms with Gasteiger partial charge in [-0.15, -0.1) is 0 Å². The van der Waals surface area contributed by atoms with Gasteiger partial charge in [0.15, 0.2) is 0 Å². The number of amides is 1. The van der Waals surface area contributed by atoms with Gasteiger partial charge in [-0.2, -0.15) is 0 Å². The summed E-state index contributed by atoms with van der Waals surface area (Å²) in [4.78, 5) is 20.9. The van der Waals surface area contributed by atoms with Gasteiger partial charge in [0.2, 0.25) is 5.88 Å². The summed E-state index contributed by atoms with van der Waals surface area (Å²) in [5, 5.41) is 0.696. The first-order chi connectivity index (χ1) is 12.6. The fourth-order valence-electron chi connectivity index (χ4n) is 3.03. The molecule has 3 rings (SSSR count). The number of nitrogens with zero attached hydrogens (tertiary/aromatic N) is 3. The molecule has 7 heteroatoms. The lowest BCUT2D eigenvalue weighted by molar-refractivity contribution is 0.0627. The van der Waals surface area contributed by atoms with Gasteiger partial charge in [0.25, 0.3) is 5.91 Å². The van der Waals surface area contributed by atoms with E-state index in [0.29, 0.717) is 29.6 Å². The van der Waals surface area contributed by atoms with E-state index in [2.05, 4.69) is 9.88 Å². The van der Waals surface area contributed by atoms with Crippen LogP contribution in [0, 0.1) is 0 Å². The number of hydrogen-bond donors (Lipinski definition) is 0. The molecule has 2 heterocycles. The van der Waals surface area contributed by atoms with Crippen LogP contribution in [0.1, 0.15) is 15.9 Å². The van der Waals surface area contributed by atoms with Crippen molar-refractivity contribution in [3.8, 4) is 11.6 Å². The summed E-state index contributed by atoms with van der Waals surface area (Å²) in [6.45, 7) is 3.69. The molecule has 0 N–H and O–H groups in total. The maximum absolute atomic E-state index is 12.6. The quantitative estimate of drug-likeness (QED) is 0.804. The summed E-state index contributed by atoms with van der Waals surface area (Å²) in [7, 11) is 3.21. The average Bonchev–Trinajstić information content (AvgIpc) is 2.68. The standard InChI is InChI=1S/C19H22ClN3O3/c1-25-17-5-4-16(20)11-15(17)13-22-7-9-23(10-8-22)19(24)14-3-6-18(26-2)21-12-14/h3-6,11-12H,7-10,13H2,1-2H3. The first-order valence-corrected chi connectivity index (χ1v) is 8.82. The molecule has 1 fully saturated rings. The number of carbonyl (C=O) groups excluding carboxylic acids is 1. The van der Waals surface area contributed by atoms with Crippen molar-refractivity contribution < 1.29 is 14.3 Å². The molecule has 1 aromatic heterocycles. The molecule has 0 atom stereocenters.